The van der Waals surface area contributed by atoms with Crippen LogP contribution in [-0.2, 0) is 0 Å². The van der Waals surface area contributed by atoms with Crippen molar-refractivity contribution < 1.29 is 9.90 Å². The number of thiazole rings is 1. The number of carbonyl (C=O) groups is 1. The molecule has 5 heteroatoms. The highest BCUT2D eigenvalue weighted by atomic mass is 32.1. The maximum atomic E-state index is 12.0. The first-order valence-electron chi connectivity index (χ1n) is 6.72. The number of nitrogens with one attached hydrogen (secondary N) is 1. The molecule has 0 aromatic carbocycles. The summed E-state index contributed by atoms with van der Waals surface area (Å²) in [6.07, 6.45) is 3.50. The predicted molar refractivity (Wildman–Crippen MR) is 76.4 cm³/mol. The van der Waals surface area contributed by atoms with E-state index in [9.17, 15) is 9.90 Å². The Hall–Kier alpha value is -0.940. The first kappa shape index (κ1) is 14.5. The van der Waals surface area contributed by atoms with E-state index in [1.807, 2.05) is 6.92 Å². The van der Waals surface area contributed by atoms with E-state index < -0.39 is 5.60 Å². The van der Waals surface area contributed by atoms with Crippen LogP contribution in [0.25, 0.3) is 0 Å². The van der Waals surface area contributed by atoms with Crippen LogP contribution in [-0.4, -0.2) is 28.1 Å². The van der Waals surface area contributed by atoms with Gasteiger partial charge in [-0.05, 0) is 38.0 Å². The Balaban J connectivity index is 1.89. The zero-order valence-corrected chi connectivity index (χ0v) is 12.6. The lowest BCUT2D eigenvalue weighted by atomic mass is 9.71. The first-order valence-corrected chi connectivity index (χ1v) is 7.60. The molecule has 2 rings (SSSR count). The van der Waals surface area contributed by atoms with Crippen molar-refractivity contribution in [2.45, 2.75) is 52.1 Å². The largest absolute Gasteiger partial charge is 0.388 e. The second-order valence-corrected chi connectivity index (χ2v) is 7.19. The summed E-state index contributed by atoms with van der Waals surface area (Å²) in [7, 11) is 0. The number of carbonyl (C=O) groups excluding carboxylic acids is 1. The van der Waals surface area contributed by atoms with Gasteiger partial charge < -0.3 is 10.4 Å². The summed E-state index contributed by atoms with van der Waals surface area (Å²) in [5.74, 6) is -0.127. The Kier molecular flexibility index (Phi) is 3.97. The molecule has 0 bridgehead atoms. The van der Waals surface area contributed by atoms with Gasteiger partial charge in [-0.3, -0.25) is 4.79 Å². The van der Waals surface area contributed by atoms with Crippen molar-refractivity contribution in [1.29, 1.82) is 0 Å². The van der Waals surface area contributed by atoms with E-state index in [4.69, 9.17) is 0 Å². The van der Waals surface area contributed by atoms with E-state index in [0.717, 1.165) is 31.4 Å². The van der Waals surface area contributed by atoms with Crippen LogP contribution in [0.3, 0.4) is 0 Å². The average Bonchev–Trinajstić information content (AvgIpc) is 2.77. The van der Waals surface area contributed by atoms with Crippen LogP contribution in [0, 0.1) is 12.3 Å². The van der Waals surface area contributed by atoms with Gasteiger partial charge in [-0.25, -0.2) is 4.98 Å². The minimum atomic E-state index is -0.746. The topological polar surface area (TPSA) is 62.2 Å². The molecule has 1 aliphatic rings. The lowest BCUT2D eigenvalue weighted by Gasteiger charge is -2.40. The monoisotopic (exact) mass is 282 g/mol. The third-order valence-electron chi connectivity index (χ3n) is 4.06. The summed E-state index contributed by atoms with van der Waals surface area (Å²) >= 11 is 1.34. The molecule has 0 spiro atoms. The number of amides is 1. The number of nitrogens with zero attached hydrogens (tertiary/aromatic N) is 1. The summed E-state index contributed by atoms with van der Waals surface area (Å²) in [5, 5.41) is 13.3. The maximum absolute atomic E-state index is 12.0. The lowest BCUT2D eigenvalue weighted by molar-refractivity contribution is -0.0232. The van der Waals surface area contributed by atoms with Crippen molar-refractivity contribution in [2.75, 3.05) is 6.54 Å². The van der Waals surface area contributed by atoms with Crippen LogP contribution in [0.2, 0.25) is 0 Å². The van der Waals surface area contributed by atoms with E-state index in [1.165, 1.54) is 11.3 Å². The number of aromatic nitrogens is 1. The molecule has 1 heterocycles. The fourth-order valence-electron chi connectivity index (χ4n) is 2.41. The highest BCUT2D eigenvalue weighted by Gasteiger charge is 2.36. The third-order valence-corrected chi connectivity index (χ3v) is 4.99. The van der Waals surface area contributed by atoms with E-state index in [2.05, 4.69) is 24.1 Å². The van der Waals surface area contributed by atoms with Crippen LogP contribution >= 0.6 is 11.3 Å². The van der Waals surface area contributed by atoms with Crippen LogP contribution < -0.4 is 5.32 Å². The molecule has 1 aromatic rings. The summed E-state index contributed by atoms with van der Waals surface area (Å²) < 4.78 is 0. The van der Waals surface area contributed by atoms with Gasteiger partial charge in [0.2, 0.25) is 0 Å². The van der Waals surface area contributed by atoms with E-state index in [-0.39, 0.29) is 5.91 Å². The molecule has 1 amide bonds. The van der Waals surface area contributed by atoms with Gasteiger partial charge in [0.1, 0.15) is 4.88 Å². The third kappa shape index (κ3) is 3.54. The number of hydrogen-bond donors (Lipinski definition) is 2. The molecule has 0 saturated heterocycles. The molecule has 19 heavy (non-hydrogen) atoms. The minimum Gasteiger partial charge on any atom is -0.388 e. The summed E-state index contributed by atoms with van der Waals surface area (Å²) in [5.41, 5.74) is 1.98. The number of aliphatic hydroxyl groups is 1. The Morgan fingerprint density at radius 3 is 2.58 bits per heavy atom. The van der Waals surface area contributed by atoms with Crippen molar-refractivity contribution in [3.63, 3.8) is 0 Å². The van der Waals surface area contributed by atoms with Crippen molar-refractivity contribution in [3.05, 3.63) is 16.1 Å². The van der Waals surface area contributed by atoms with Crippen LogP contribution in [0.1, 0.15) is 54.9 Å². The van der Waals surface area contributed by atoms with Crippen LogP contribution in [0.4, 0.5) is 0 Å². The van der Waals surface area contributed by atoms with Crippen molar-refractivity contribution >= 4 is 17.2 Å². The molecule has 1 aliphatic carbocycles. The summed E-state index contributed by atoms with van der Waals surface area (Å²) in [6, 6.07) is 0. The minimum absolute atomic E-state index is 0.127. The van der Waals surface area contributed by atoms with Crippen molar-refractivity contribution in [2.24, 2.45) is 5.41 Å². The van der Waals surface area contributed by atoms with Crippen LogP contribution in [0.5, 0.6) is 0 Å². The highest BCUT2D eigenvalue weighted by molar-refractivity contribution is 7.11. The Morgan fingerprint density at radius 1 is 1.42 bits per heavy atom. The van der Waals surface area contributed by atoms with Gasteiger partial charge in [0.05, 0.1) is 16.8 Å². The molecule has 2 N–H and O–H groups in total. The molecule has 0 radical (unpaired) electrons. The van der Waals surface area contributed by atoms with Gasteiger partial charge in [0.25, 0.3) is 5.91 Å². The van der Waals surface area contributed by atoms with Gasteiger partial charge in [-0.1, -0.05) is 13.8 Å². The fourth-order valence-corrected chi connectivity index (χ4v) is 3.13. The number of aryl methyl sites for hydroxylation is 1. The first-order chi connectivity index (χ1) is 8.81. The summed E-state index contributed by atoms with van der Waals surface area (Å²) in [6.45, 7) is 6.61. The van der Waals surface area contributed by atoms with Crippen molar-refractivity contribution in [3.8, 4) is 0 Å². The molecule has 1 fully saturated rings. The SMILES string of the molecule is Cc1ncsc1C(=O)NCC1(O)CCC(C)(C)CC1. The van der Waals surface area contributed by atoms with E-state index in [1.54, 1.807) is 5.51 Å². The fraction of sp³-hybridized carbons (Fsp3) is 0.714. The highest BCUT2D eigenvalue weighted by Crippen LogP contribution is 2.39. The standard InChI is InChI=1S/C14H22N2O2S/c1-10-11(19-9-16-10)12(17)15-8-14(18)6-4-13(2,3)5-7-14/h9,18H,4-8H2,1-3H3,(H,15,17). The van der Waals surface area contributed by atoms with Gasteiger partial charge in [0, 0.05) is 6.54 Å². The lowest BCUT2D eigenvalue weighted by Crippen LogP contribution is -2.46. The van der Waals surface area contributed by atoms with Gasteiger partial charge in [0.15, 0.2) is 0 Å². The Labute approximate surface area is 118 Å². The molecular weight excluding hydrogens is 260 g/mol. The second-order valence-electron chi connectivity index (χ2n) is 6.34. The quantitative estimate of drug-likeness (QED) is 0.895. The number of rotatable bonds is 3. The Bertz CT molecular complexity index is 458. The predicted octanol–water partition coefficient (Wildman–Crippen LogP) is 2.51. The van der Waals surface area contributed by atoms with Crippen LogP contribution in [0.15, 0.2) is 5.51 Å². The van der Waals surface area contributed by atoms with E-state index >= 15 is 0 Å². The molecule has 1 aromatic heterocycles. The Morgan fingerprint density at radius 2 is 2.05 bits per heavy atom. The smallest absolute Gasteiger partial charge is 0.263 e. The van der Waals surface area contributed by atoms with Gasteiger partial charge in [-0.2, -0.15) is 0 Å². The molecule has 0 unspecified atom stereocenters. The average molecular weight is 282 g/mol. The zero-order valence-electron chi connectivity index (χ0n) is 11.8. The van der Waals surface area contributed by atoms with Gasteiger partial charge >= 0.3 is 0 Å². The molecule has 1 saturated carbocycles. The second kappa shape index (κ2) is 5.21. The van der Waals surface area contributed by atoms with E-state index in [0.29, 0.717) is 16.8 Å². The molecule has 4 nitrogen and oxygen atoms in total. The molecule has 0 atom stereocenters. The summed E-state index contributed by atoms with van der Waals surface area (Å²) in [4.78, 5) is 16.7. The molecule has 106 valence electrons. The van der Waals surface area contributed by atoms with Gasteiger partial charge in [-0.15, -0.1) is 11.3 Å². The molecule has 0 aliphatic heterocycles. The molecular formula is C14H22N2O2S. The maximum Gasteiger partial charge on any atom is 0.263 e. The number of hydrogen-bond acceptors (Lipinski definition) is 4. The van der Waals surface area contributed by atoms with Crippen molar-refractivity contribution in [1.82, 2.24) is 10.3 Å². The normalized spacial score (nSPS) is 21.1. The zero-order chi connectivity index (χ0) is 14.1.